The van der Waals surface area contributed by atoms with Gasteiger partial charge in [-0.15, -0.1) is 24.0 Å². The number of aliphatic imine (C=N–C) groups is 1. The van der Waals surface area contributed by atoms with Gasteiger partial charge in [-0.25, -0.2) is 9.37 Å². The summed E-state index contributed by atoms with van der Waals surface area (Å²) in [5.41, 5.74) is 1.70. The predicted molar refractivity (Wildman–Crippen MR) is 127 cm³/mol. The third-order valence-electron chi connectivity index (χ3n) is 4.31. The van der Waals surface area contributed by atoms with Crippen LogP contribution in [0.1, 0.15) is 25.0 Å². The van der Waals surface area contributed by atoms with Crippen LogP contribution in [0.4, 0.5) is 10.2 Å². The highest BCUT2D eigenvalue weighted by atomic mass is 127. The van der Waals surface area contributed by atoms with Crippen LogP contribution in [0.3, 0.4) is 0 Å². The first-order valence-corrected chi connectivity index (χ1v) is 9.13. The molecule has 0 aliphatic rings. The number of benzene rings is 1. The normalized spacial score (nSPS) is 11.6. The Hall–Kier alpha value is -1.61. The second-order valence-electron chi connectivity index (χ2n) is 7.20. The molecule has 0 fully saturated rings. The van der Waals surface area contributed by atoms with Crippen LogP contribution >= 0.6 is 35.6 Å². The second-order valence-corrected chi connectivity index (χ2v) is 7.61. The monoisotopic (exact) mass is 519 g/mol. The average molecular weight is 520 g/mol. The minimum Gasteiger partial charge on any atom is -0.363 e. The molecule has 0 unspecified atom stereocenters. The fraction of sp³-hybridized carbons (Fsp3) is 0.400. The molecular weight excluding hydrogens is 492 g/mol. The van der Waals surface area contributed by atoms with Crippen molar-refractivity contribution in [2.45, 2.75) is 25.8 Å². The van der Waals surface area contributed by atoms with E-state index in [1.165, 1.54) is 12.1 Å². The van der Waals surface area contributed by atoms with E-state index >= 15 is 0 Å². The Morgan fingerprint density at radius 3 is 2.54 bits per heavy atom. The van der Waals surface area contributed by atoms with E-state index in [9.17, 15) is 4.39 Å². The van der Waals surface area contributed by atoms with Crippen molar-refractivity contribution in [3.8, 4) is 0 Å². The van der Waals surface area contributed by atoms with Crippen molar-refractivity contribution in [2.75, 3.05) is 32.6 Å². The zero-order valence-electron chi connectivity index (χ0n) is 16.9. The number of anilines is 1. The van der Waals surface area contributed by atoms with Crippen LogP contribution in [0, 0.1) is 5.82 Å². The van der Waals surface area contributed by atoms with Crippen molar-refractivity contribution >= 4 is 47.4 Å². The van der Waals surface area contributed by atoms with E-state index in [1.54, 1.807) is 19.3 Å². The third kappa shape index (κ3) is 6.77. The van der Waals surface area contributed by atoms with Crippen molar-refractivity contribution < 1.29 is 4.39 Å². The first kappa shape index (κ1) is 24.4. The van der Waals surface area contributed by atoms with E-state index in [2.05, 4.69) is 34.5 Å². The molecule has 0 amide bonds. The highest BCUT2D eigenvalue weighted by molar-refractivity contribution is 14.0. The summed E-state index contributed by atoms with van der Waals surface area (Å²) in [6.45, 7) is 5.33. The lowest BCUT2D eigenvalue weighted by Crippen LogP contribution is -2.43. The van der Waals surface area contributed by atoms with Gasteiger partial charge in [-0.3, -0.25) is 4.99 Å². The van der Waals surface area contributed by atoms with Crippen LogP contribution < -0.4 is 15.5 Å². The third-order valence-corrected chi connectivity index (χ3v) is 4.62. The SMILES string of the molecule is CN=C(NCc1ccnc(N(C)C)c1)NCC(C)(C)c1ccc(F)cc1Cl.I. The molecular formula is C20H28ClFIN5. The number of guanidine groups is 1. The van der Waals surface area contributed by atoms with Gasteiger partial charge in [0, 0.05) is 50.9 Å². The lowest BCUT2D eigenvalue weighted by molar-refractivity contribution is 0.507. The molecule has 0 atom stereocenters. The largest absolute Gasteiger partial charge is 0.363 e. The molecule has 154 valence electrons. The number of hydrogen-bond acceptors (Lipinski definition) is 3. The molecule has 1 heterocycles. The summed E-state index contributed by atoms with van der Waals surface area (Å²) < 4.78 is 13.3. The Kier molecular flexibility index (Phi) is 9.43. The molecule has 0 radical (unpaired) electrons. The Bertz CT molecular complexity index is 811. The molecule has 5 nitrogen and oxygen atoms in total. The number of halogens is 3. The van der Waals surface area contributed by atoms with E-state index in [4.69, 9.17) is 11.6 Å². The van der Waals surface area contributed by atoms with Gasteiger partial charge in [0.25, 0.3) is 0 Å². The van der Waals surface area contributed by atoms with Crippen LogP contribution in [-0.4, -0.2) is 38.6 Å². The lowest BCUT2D eigenvalue weighted by atomic mass is 9.84. The second kappa shape index (κ2) is 10.8. The van der Waals surface area contributed by atoms with Crippen molar-refractivity contribution in [1.82, 2.24) is 15.6 Å². The number of nitrogens with zero attached hydrogens (tertiary/aromatic N) is 3. The fourth-order valence-corrected chi connectivity index (χ4v) is 3.08. The summed E-state index contributed by atoms with van der Waals surface area (Å²) in [6.07, 6.45) is 1.79. The fourth-order valence-electron chi connectivity index (χ4n) is 2.66. The van der Waals surface area contributed by atoms with Gasteiger partial charge < -0.3 is 15.5 Å². The van der Waals surface area contributed by atoms with Crippen molar-refractivity contribution in [3.63, 3.8) is 0 Å². The summed E-state index contributed by atoms with van der Waals surface area (Å²) in [5, 5.41) is 7.05. The molecule has 2 aromatic rings. The number of rotatable bonds is 6. The minimum absolute atomic E-state index is 0. The van der Waals surface area contributed by atoms with Gasteiger partial charge in [0.15, 0.2) is 5.96 Å². The summed E-state index contributed by atoms with van der Waals surface area (Å²) >= 11 is 6.22. The molecule has 0 saturated carbocycles. The van der Waals surface area contributed by atoms with Gasteiger partial charge in [0.05, 0.1) is 0 Å². The summed E-state index contributed by atoms with van der Waals surface area (Å²) in [5.74, 6) is 1.26. The highest BCUT2D eigenvalue weighted by Crippen LogP contribution is 2.29. The van der Waals surface area contributed by atoms with Gasteiger partial charge in [-0.05, 0) is 35.4 Å². The van der Waals surface area contributed by atoms with Crippen LogP contribution in [0.5, 0.6) is 0 Å². The zero-order chi connectivity index (χ0) is 20.0. The predicted octanol–water partition coefficient (Wildman–Crippen LogP) is 4.20. The molecule has 2 N–H and O–H groups in total. The molecule has 2 rings (SSSR count). The first-order valence-electron chi connectivity index (χ1n) is 8.75. The minimum atomic E-state index is -0.334. The molecule has 0 aliphatic carbocycles. The first-order chi connectivity index (χ1) is 12.7. The van der Waals surface area contributed by atoms with Crippen LogP contribution in [0.2, 0.25) is 5.02 Å². The van der Waals surface area contributed by atoms with E-state index < -0.39 is 0 Å². The van der Waals surface area contributed by atoms with Crippen molar-refractivity contribution in [2.24, 2.45) is 4.99 Å². The summed E-state index contributed by atoms with van der Waals surface area (Å²) in [4.78, 5) is 10.5. The average Bonchev–Trinajstić information content (AvgIpc) is 2.61. The van der Waals surface area contributed by atoms with Crippen molar-refractivity contribution in [3.05, 3.63) is 58.5 Å². The number of pyridine rings is 1. The van der Waals surface area contributed by atoms with Crippen LogP contribution in [-0.2, 0) is 12.0 Å². The molecule has 1 aromatic carbocycles. The number of nitrogens with one attached hydrogen (secondary N) is 2. The molecule has 0 bridgehead atoms. The summed E-state index contributed by atoms with van der Waals surface area (Å²) in [6, 6.07) is 8.51. The molecule has 0 aliphatic heterocycles. The maximum atomic E-state index is 13.3. The van der Waals surface area contributed by atoms with Gasteiger partial charge >= 0.3 is 0 Å². The molecule has 1 aromatic heterocycles. The molecule has 0 spiro atoms. The standard InChI is InChI=1S/C20H27ClFN5.HI/c1-20(2,16-7-6-15(22)11-17(16)21)13-26-19(23-3)25-12-14-8-9-24-18(10-14)27(4)5;/h6-11H,12-13H2,1-5H3,(H2,23,25,26);1H. The Labute approximate surface area is 188 Å². The molecule has 28 heavy (non-hydrogen) atoms. The van der Waals surface area contributed by atoms with E-state index in [0.29, 0.717) is 24.1 Å². The number of hydrogen-bond donors (Lipinski definition) is 2. The molecule has 0 saturated heterocycles. The van der Waals surface area contributed by atoms with Crippen LogP contribution in [0.15, 0.2) is 41.5 Å². The molecule has 8 heteroatoms. The van der Waals surface area contributed by atoms with Gasteiger partial charge in [0.2, 0.25) is 0 Å². The lowest BCUT2D eigenvalue weighted by Gasteiger charge is -2.27. The highest BCUT2D eigenvalue weighted by Gasteiger charge is 2.24. The van der Waals surface area contributed by atoms with Crippen LogP contribution in [0.25, 0.3) is 0 Å². The Balaban J connectivity index is 0.00000392. The van der Waals surface area contributed by atoms with Gasteiger partial charge in [-0.1, -0.05) is 31.5 Å². The van der Waals surface area contributed by atoms with Gasteiger partial charge in [0.1, 0.15) is 11.6 Å². The van der Waals surface area contributed by atoms with E-state index in [0.717, 1.165) is 16.9 Å². The maximum absolute atomic E-state index is 13.3. The smallest absolute Gasteiger partial charge is 0.191 e. The quantitative estimate of drug-likeness (QED) is 0.341. The zero-order valence-corrected chi connectivity index (χ0v) is 20.0. The topological polar surface area (TPSA) is 52.6 Å². The van der Waals surface area contributed by atoms with E-state index in [-0.39, 0.29) is 35.2 Å². The van der Waals surface area contributed by atoms with Crippen molar-refractivity contribution in [1.29, 1.82) is 0 Å². The summed E-state index contributed by atoms with van der Waals surface area (Å²) in [7, 11) is 5.65. The Morgan fingerprint density at radius 1 is 1.21 bits per heavy atom. The Morgan fingerprint density at radius 2 is 1.93 bits per heavy atom. The van der Waals surface area contributed by atoms with Gasteiger partial charge in [-0.2, -0.15) is 0 Å². The maximum Gasteiger partial charge on any atom is 0.191 e. The number of aromatic nitrogens is 1. The van der Waals surface area contributed by atoms with E-state index in [1.807, 2.05) is 31.1 Å².